The number of rotatable bonds is 2. The Morgan fingerprint density at radius 1 is 1.12 bits per heavy atom. The van der Waals surface area contributed by atoms with Crippen LogP contribution in [-0.4, -0.2) is 0 Å². The second kappa shape index (κ2) is 4.60. The molecular formula is C14H15ClS. The minimum absolute atomic E-state index is 0.0152. The van der Waals surface area contributed by atoms with Crippen LogP contribution < -0.4 is 0 Å². The van der Waals surface area contributed by atoms with Crippen molar-refractivity contribution in [3.05, 3.63) is 56.8 Å². The number of aryl methyl sites for hydroxylation is 3. The Morgan fingerprint density at radius 2 is 1.88 bits per heavy atom. The van der Waals surface area contributed by atoms with E-state index < -0.39 is 0 Å². The van der Waals surface area contributed by atoms with Gasteiger partial charge in [-0.25, -0.2) is 0 Å². The van der Waals surface area contributed by atoms with Crippen LogP contribution in [0.2, 0.25) is 0 Å². The lowest BCUT2D eigenvalue weighted by Gasteiger charge is -2.10. The van der Waals surface area contributed by atoms with Crippen molar-refractivity contribution in [3.63, 3.8) is 0 Å². The third kappa shape index (κ3) is 2.31. The van der Waals surface area contributed by atoms with Crippen molar-refractivity contribution in [2.24, 2.45) is 0 Å². The third-order valence-corrected chi connectivity index (χ3v) is 4.46. The summed E-state index contributed by atoms with van der Waals surface area (Å²) in [6.45, 7) is 6.35. The Labute approximate surface area is 106 Å². The van der Waals surface area contributed by atoms with Gasteiger partial charge >= 0.3 is 0 Å². The van der Waals surface area contributed by atoms with Crippen molar-refractivity contribution < 1.29 is 0 Å². The summed E-state index contributed by atoms with van der Waals surface area (Å²) in [4.78, 5) is 2.59. The van der Waals surface area contributed by atoms with Crippen LogP contribution in [0.4, 0.5) is 0 Å². The topological polar surface area (TPSA) is 0 Å². The zero-order valence-electron chi connectivity index (χ0n) is 9.75. The molecule has 0 aliphatic rings. The van der Waals surface area contributed by atoms with Crippen molar-refractivity contribution in [2.45, 2.75) is 26.1 Å². The molecule has 1 aromatic heterocycles. The first kappa shape index (κ1) is 11.7. The van der Waals surface area contributed by atoms with E-state index in [4.69, 9.17) is 11.6 Å². The van der Waals surface area contributed by atoms with Crippen molar-refractivity contribution in [3.8, 4) is 0 Å². The molecule has 0 amide bonds. The Balaban J connectivity index is 2.38. The fourth-order valence-corrected chi connectivity index (χ4v) is 3.37. The first-order valence-electron chi connectivity index (χ1n) is 5.35. The number of benzene rings is 1. The molecule has 2 aromatic rings. The fraction of sp³-hybridized carbons (Fsp3) is 0.286. The summed E-state index contributed by atoms with van der Waals surface area (Å²) in [5.41, 5.74) is 3.74. The number of hydrogen-bond acceptors (Lipinski definition) is 1. The normalized spacial score (nSPS) is 12.8. The highest BCUT2D eigenvalue weighted by atomic mass is 35.5. The second-order valence-electron chi connectivity index (χ2n) is 4.18. The van der Waals surface area contributed by atoms with E-state index in [1.807, 2.05) is 0 Å². The standard InChI is InChI=1S/C14H15ClS/c1-9-5-4-6-12(7-9)13(15)14-10(2)8-11(3)16-14/h4-8,13H,1-3H3. The predicted octanol–water partition coefficient (Wildman–Crippen LogP) is 5.00. The molecule has 1 unspecified atom stereocenters. The van der Waals surface area contributed by atoms with E-state index in [0.29, 0.717) is 0 Å². The van der Waals surface area contributed by atoms with E-state index >= 15 is 0 Å². The van der Waals surface area contributed by atoms with Gasteiger partial charge in [0.15, 0.2) is 0 Å². The lowest BCUT2D eigenvalue weighted by molar-refractivity contribution is 1.15. The SMILES string of the molecule is Cc1cccc(C(Cl)c2sc(C)cc2C)c1. The van der Waals surface area contributed by atoms with Gasteiger partial charge in [0.1, 0.15) is 0 Å². The van der Waals surface area contributed by atoms with Crippen LogP contribution in [0.1, 0.15) is 31.8 Å². The zero-order chi connectivity index (χ0) is 11.7. The van der Waals surface area contributed by atoms with Crippen LogP contribution in [0.15, 0.2) is 30.3 Å². The van der Waals surface area contributed by atoms with Gasteiger partial charge in [-0.05, 0) is 38.0 Å². The van der Waals surface area contributed by atoms with Crippen LogP contribution in [0.3, 0.4) is 0 Å². The minimum atomic E-state index is -0.0152. The summed E-state index contributed by atoms with van der Waals surface area (Å²) in [7, 11) is 0. The Morgan fingerprint density at radius 3 is 2.44 bits per heavy atom. The van der Waals surface area contributed by atoms with Gasteiger partial charge in [0.25, 0.3) is 0 Å². The van der Waals surface area contributed by atoms with E-state index in [-0.39, 0.29) is 5.38 Å². The van der Waals surface area contributed by atoms with E-state index in [9.17, 15) is 0 Å². The second-order valence-corrected chi connectivity index (χ2v) is 5.91. The highest BCUT2D eigenvalue weighted by molar-refractivity contribution is 7.12. The maximum absolute atomic E-state index is 6.53. The molecule has 0 nitrogen and oxygen atoms in total. The predicted molar refractivity (Wildman–Crippen MR) is 72.7 cm³/mol. The average molecular weight is 251 g/mol. The molecule has 0 spiro atoms. The van der Waals surface area contributed by atoms with Crippen molar-refractivity contribution >= 4 is 22.9 Å². The molecule has 1 heterocycles. The first-order valence-corrected chi connectivity index (χ1v) is 6.61. The lowest BCUT2D eigenvalue weighted by atomic mass is 10.1. The van der Waals surface area contributed by atoms with Gasteiger partial charge < -0.3 is 0 Å². The van der Waals surface area contributed by atoms with E-state index in [0.717, 1.165) is 0 Å². The van der Waals surface area contributed by atoms with E-state index in [1.54, 1.807) is 11.3 Å². The molecular weight excluding hydrogens is 236 g/mol. The van der Waals surface area contributed by atoms with Gasteiger partial charge in [0.2, 0.25) is 0 Å². The largest absolute Gasteiger partial charge is 0.143 e. The minimum Gasteiger partial charge on any atom is -0.143 e. The van der Waals surface area contributed by atoms with Gasteiger partial charge in [-0.15, -0.1) is 22.9 Å². The quantitative estimate of drug-likeness (QED) is 0.658. The number of alkyl halides is 1. The molecule has 2 heteroatoms. The molecule has 0 aliphatic heterocycles. The lowest BCUT2D eigenvalue weighted by Crippen LogP contribution is -1.92. The molecule has 2 rings (SSSR count). The maximum atomic E-state index is 6.53. The van der Waals surface area contributed by atoms with Crippen LogP contribution >= 0.6 is 22.9 Å². The van der Waals surface area contributed by atoms with Gasteiger partial charge in [0, 0.05) is 9.75 Å². The van der Waals surface area contributed by atoms with Crippen LogP contribution in [-0.2, 0) is 0 Å². The van der Waals surface area contributed by atoms with Gasteiger partial charge in [-0.3, -0.25) is 0 Å². The number of hydrogen-bond donors (Lipinski definition) is 0. The van der Waals surface area contributed by atoms with Crippen molar-refractivity contribution in [1.82, 2.24) is 0 Å². The first-order chi connectivity index (χ1) is 7.58. The summed E-state index contributed by atoms with van der Waals surface area (Å²) >= 11 is 8.32. The summed E-state index contributed by atoms with van der Waals surface area (Å²) in [5, 5.41) is -0.0152. The highest BCUT2D eigenvalue weighted by Crippen LogP contribution is 2.36. The van der Waals surface area contributed by atoms with Gasteiger partial charge in [0.05, 0.1) is 5.38 Å². The summed E-state index contributed by atoms with van der Waals surface area (Å²) < 4.78 is 0. The molecule has 0 aliphatic carbocycles. The summed E-state index contributed by atoms with van der Waals surface area (Å²) in [6, 6.07) is 10.6. The van der Waals surface area contributed by atoms with Crippen LogP contribution in [0, 0.1) is 20.8 Å². The summed E-state index contributed by atoms with van der Waals surface area (Å²) in [5.74, 6) is 0. The smallest absolute Gasteiger partial charge is 0.0930 e. The van der Waals surface area contributed by atoms with Crippen molar-refractivity contribution in [1.29, 1.82) is 0 Å². The van der Waals surface area contributed by atoms with Crippen LogP contribution in [0.5, 0.6) is 0 Å². The Bertz CT molecular complexity index is 499. The maximum Gasteiger partial charge on any atom is 0.0930 e. The van der Waals surface area contributed by atoms with Gasteiger partial charge in [-0.2, -0.15) is 0 Å². The molecule has 0 fully saturated rings. The molecule has 16 heavy (non-hydrogen) atoms. The Hall–Kier alpha value is -0.790. The molecule has 0 radical (unpaired) electrons. The zero-order valence-corrected chi connectivity index (χ0v) is 11.3. The Kier molecular flexibility index (Phi) is 3.36. The average Bonchev–Trinajstić information content (AvgIpc) is 2.57. The fourth-order valence-electron chi connectivity index (χ4n) is 1.89. The molecule has 0 saturated heterocycles. The summed E-state index contributed by atoms with van der Waals surface area (Å²) in [6.07, 6.45) is 0. The number of thiophene rings is 1. The molecule has 84 valence electrons. The molecule has 0 N–H and O–H groups in total. The number of halogens is 1. The van der Waals surface area contributed by atoms with E-state index in [2.05, 4.69) is 51.1 Å². The van der Waals surface area contributed by atoms with E-state index in [1.165, 1.54) is 26.4 Å². The monoisotopic (exact) mass is 250 g/mol. The molecule has 1 aromatic carbocycles. The van der Waals surface area contributed by atoms with Crippen molar-refractivity contribution in [2.75, 3.05) is 0 Å². The van der Waals surface area contributed by atoms with Gasteiger partial charge in [-0.1, -0.05) is 29.8 Å². The molecule has 0 saturated carbocycles. The van der Waals surface area contributed by atoms with Crippen LogP contribution in [0.25, 0.3) is 0 Å². The molecule has 1 atom stereocenters. The highest BCUT2D eigenvalue weighted by Gasteiger charge is 2.15. The third-order valence-electron chi connectivity index (χ3n) is 2.64. The molecule has 0 bridgehead atoms.